The van der Waals surface area contributed by atoms with Gasteiger partial charge in [-0.25, -0.2) is 0 Å². The molecule has 1 atom stereocenters. The Bertz CT molecular complexity index is 549. The van der Waals surface area contributed by atoms with Gasteiger partial charge in [-0.3, -0.25) is 4.79 Å². The minimum absolute atomic E-state index is 0.0238. The van der Waals surface area contributed by atoms with Gasteiger partial charge < -0.3 is 10.0 Å². The van der Waals surface area contributed by atoms with Crippen LogP contribution < -0.4 is 4.90 Å². The third kappa shape index (κ3) is 2.58. The lowest BCUT2D eigenvalue weighted by molar-refractivity contribution is -0.117. The van der Waals surface area contributed by atoms with Crippen LogP contribution >= 0.6 is 0 Å². The second kappa shape index (κ2) is 4.62. The van der Waals surface area contributed by atoms with Crippen LogP contribution in [0.25, 0.3) is 0 Å². The van der Waals surface area contributed by atoms with E-state index in [2.05, 4.69) is 26.7 Å². The smallest absolute Gasteiger partial charge is 0.228 e. The van der Waals surface area contributed by atoms with Crippen molar-refractivity contribution in [2.24, 2.45) is 5.92 Å². The summed E-state index contributed by atoms with van der Waals surface area (Å²) in [6.07, 6.45) is 5.74. The van der Waals surface area contributed by atoms with Crippen LogP contribution in [0.5, 0.6) is 5.75 Å². The lowest BCUT2D eigenvalue weighted by Gasteiger charge is -2.23. The molecule has 0 aliphatic carbocycles. The molecule has 3 heteroatoms. The van der Waals surface area contributed by atoms with E-state index in [4.69, 9.17) is 6.42 Å². The Morgan fingerprint density at radius 2 is 2.11 bits per heavy atom. The molecule has 0 aromatic heterocycles. The summed E-state index contributed by atoms with van der Waals surface area (Å²) < 4.78 is 0. The highest BCUT2D eigenvalue weighted by molar-refractivity contribution is 5.97. The van der Waals surface area contributed by atoms with E-state index >= 15 is 0 Å². The maximum Gasteiger partial charge on any atom is 0.228 e. The molecule has 1 fully saturated rings. The number of hydrogen-bond donors (Lipinski definition) is 1. The number of aromatic hydroxyl groups is 1. The van der Waals surface area contributed by atoms with Crippen molar-refractivity contribution in [3.63, 3.8) is 0 Å². The predicted molar refractivity (Wildman–Crippen MR) is 76.1 cm³/mol. The highest BCUT2D eigenvalue weighted by Gasteiger charge is 2.31. The van der Waals surface area contributed by atoms with E-state index < -0.39 is 0 Å². The van der Waals surface area contributed by atoms with Crippen molar-refractivity contribution in [3.8, 4) is 18.1 Å². The normalized spacial score (nSPS) is 19.6. The van der Waals surface area contributed by atoms with E-state index in [0.717, 1.165) is 5.56 Å². The third-order valence-electron chi connectivity index (χ3n) is 3.49. The topological polar surface area (TPSA) is 40.5 Å². The average Bonchev–Trinajstić information content (AvgIpc) is 2.69. The zero-order valence-corrected chi connectivity index (χ0v) is 11.6. The summed E-state index contributed by atoms with van der Waals surface area (Å²) in [5.74, 6) is 2.65. The number of benzene rings is 1. The van der Waals surface area contributed by atoms with Crippen LogP contribution in [0.4, 0.5) is 5.69 Å². The Hall–Kier alpha value is -1.95. The minimum Gasteiger partial charge on any atom is -0.506 e. The second-order valence-corrected chi connectivity index (χ2v) is 6.03. The molecule has 19 heavy (non-hydrogen) atoms. The molecular weight excluding hydrogens is 238 g/mol. The first-order valence-electron chi connectivity index (χ1n) is 6.43. The highest BCUT2D eigenvalue weighted by atomic mass is 16.3. The fraction of sp³-hybridized carbons (Fsp3) is 0.438. The SMILES string of the molecule is C#CC1CC(=O)N(c2cc(C(C)(C)C)ccc2O)C1. The van der Waals surface area contributed by atoms with Gasteiger partial charge in [0.05, 0.1) is 5.69 Å². The fourth-order valence-electron chi connectivity index (χ4n) is 2.26. The monoisotopic (exact) mass is 257 g/mol. The number of anilines is 1. The molecule has 2 rings (SSSR count). The summed E-state index contributed by atoms with van der Waals surface area (Å²) in [7, 11) is 0. The molecule has 1 N–H and O–H groups in total. The number of terminal acetylenes is 1. The van der Waals surface area contributed by atoms with Gasteiger partial charge >= 0.3 is 0 Å². The van der Waals surface area contributed by atoms with Gasteiger partial charge in [-0.2, -0.15) is 0 Å². The number of rotatable bonds is 1. The summed E-state index contributed by atoms with van der Waals surface area (Å²) in [6, 6.07) is 5.41. The van der Waals surface area contributed by atoms with Crippen molar-refractivity contribution in [2.75, 3.05) is 11.4 Å². The molecule has 1 heterocycles. The van der Waals surface area contributed by atoms with Crippen molar-refractivity contribution < 1.29 is 9.90 Å². The van der Waals surface area contributed by atoms with Gasteiger partial charge in [-0.05, 0) is 23.1 Å². The first kappa shape index (κ1) is 13.5. The maximum atomic E-state index is 12.0. The van der Waals surface area contributed by atoms with Crippen LogP contribution in [-0.2, 0) is 10.2 Å². The summed E-state index contributed by atoms with van der Waals surface area (Å²) in [6.45, 7) is 6.77. The number of phenols is 1. The first-order chi connectivity index (χ1) is 8.82. The fourth-order valence-corrected chi connectivity index (χ4v) is 2.26. The Labute approximate surface area is 114 Å². The number of carbonyl (C=O) groups excluding carboxylic acids is 1. The Morgan fingerprint density at radius 3 is 2.63 bits per heavy atom. The third-order valence-corrected chi connectivity index (χ3v) is 3.49. The van der Waals surface area contributed by atoms with Crippen LogP contribution in [0.3, 0.4) is 0 Å². The molecule has 1 aliphatic heterocycles. The molecular formula is C16H19NO2. The van der Waals surface area contributed by atoms with Crippen LogP contribution in [0.15, 0.2) is 18.2 Å². The number of nitrogens with zero attached hydrogens (tertiary/aromatic N) is 1. The lowest BCUT2D eigenvalue weighted by Crippen LogP contribution is -2.25. The molecule has 3 nitrogen and oxygen atoms in total. The van der Waals surface area contributed by atoms with Gasteiger partial charge in [0.1, 0.15) is 5.75 Å². The van der Waals surface area contributed by atoms with E-state index in [0.29, 0.717) is 18.7 Å². The van der Waals surface area contributed by atoms with Crippen LogP contribution in [-0.4, -0.2) is 17.6 Å². The summed E-state index contributed by atoms with van der Waals surface area (Å²) in [4.78, 5) is 13.6. The quantitative estimate of drug-likeness (QED) is 0.786. The Morgan fingerprint density at radius 1 is 1.42 bits per heavy atom. The van der Waals surface area contributed by atoms with Crippen molar-refractivity contribution >= 4 is 11.6 Å². The standard InChI is InChI=1S/C16H19NO2/c1-5-11-8-15(19)17(10-11)13-9-12(16(2,3)4)6-7-14(13)18/h1,6-7,9,11,18H,8,10H2,2-4H3. The van der Waals surface area contributed by atoms with E-state index in [9.17, 15) is 9.90 Å². The molecule has 100 valence electrons. The van der Waals surface area contributed by atoms with Crippen molar-refractivity contribution in [1.82, 2.24) is 0 Å². The molecule has 0 radical (unpaired) electrons. The second-order valence-electron chi connectivity index (χ2n) is 6.03. The van der Waals surface area contributed by atoms with Crippen LogP contribution in [0, 0.1) is 18.3 Å². The lowest BCUT2D eigenvalue weighted by atomic mass is 9.86. The number of carbonyl (C=O) groups is 1. The van der Waals surface area contributed by atoms with E-state index in [1.807, 2.05) is 12.1 Å². The molecule has 1 amide bonds. The maximum absolute atomic E-state index is 12.0. The molecule has 1 unspecified atom stereocenters. The number of amides is 1. The van der Waals surface area contributed by atoms with Crippen molar-refractivity contribution in [3.05, 3.63) is 23.8 Å². The zero-order valence-electron chi connectivity index (χ0n) is 11.6. The molecule has 1 aliphatic rings. The van der Waals surface area contributed by atoms with Crippen molar-refractivity contribution in [2.45, 2.75) is 32.6 Å². The minimum atomic E-state index is -0.0646. The molecule has 0 bridgehead atoms. The van der Waals surface area contributed by atoms with Crippen LogP contribution in [0.2, 0.25) is 0 Å². The van der Waals surface area contributed by atoms with Gasteiger partial charge in [0.25, 0.3) is 0 Å². The molecule has 1 aromatic carbocycles. The van der Waals surface area contributed by atoms with E-state index in [1.54, 1.807) is 11.0 Å². The van der Waals surface area contributed by atoms with Crippen LogP contribution in [0.1, 0.15) is 32.8 Å². The molecule has 0 saturated carbocycles. The summed E-state index contributed by atoms with van der Waals surface area (Å²) >= 11 is 0. The van der Waals surface area contributed by atoms with Gasteiger partial charge in [0, 0.05) is 18.9 Å². The molecule has 1 aromatic rings. The van der Waals surface area contributed by atoms with E-state index in [-0.39, 0.29) is 23.0 Å². The van der Waals surface area contributed by atoms with E-state index in [1.165, 1.54) is 0 Å². The Balaban J connectivity index is 2.40. The summed E-state index contributed by atoms with van der Waals surface area (Å²) in [5.41, 5.74) is 1.61. The van der Waals surface area contributed by atoms with Crippen molar-refractivity contribution in [1.29, 1.82) is 0 Å². The number of hydrogen-bond acceptors (Lipinski definition) is 2. The summed E-state index contributed by atoms with van der Waals surface area (Å²) in [5, 5.41) is 9.99. The van der Waals surface area contributed by atoms with Gasteiger partial charge in [0.2, 0.25) is 5.91 Å². The van der Waals surface area contributed by atoms with Gasteiger partial charge in [-0.1, -0.05) is 26.8 Å². The zero-order chi connectivity index (χ0) is 14.2. The molecule has 1 saturated heterocycles. The number of phenolic OH excluding ortho intramolecular Hbond substituents is 1. The first-order valence-corrected chi connectivity index (χ1v) is 6.43. The largest absolute Gasteiger partial charge is 0.506 e. The Kier molecular flexibility index (Phi) is 3.28. The van der Waals surface area contributed by atoms with Gasteiger partial charge in [0.15, 0.2) is 0 Å². The average molecular weight is 257 g/mol. The highest BCUT2D eigenvalue weighted by Crippen LogP contribution is 2.36. The molecule has 0 spiro atoms. The predicted octanol–water partition coefficient (Wildman–Crippen LogP) is 2.68. The van der Waals surface area contributed by atoms with Gasteiger partial charge in [-0.15, -0.1) is 12.3 Å².